The lowest BCUT2D eigenvalue weighted by Crippen LogP contribution is -2.28. The molecule has 0 saturated heterocycles. The van der Waals surface area contributed by atoms with E-state index in [0.29, 0.717) is 0 Å². The van der Waals surface area contributed by atoms with Gasteiger partial charge in [-0.3, -0.25) is 0 Å². The Hall–Kier alpha value is -1.09. The molecule has 0 aliphatic rings. The van der Waals surface area contributed by atoms with Gasteiger partial charge >= 0.3 is 15.6 Å². The van der Waals surface area contributed by atoms with Crippen molar-refractivity contribution in [1.29, 1.82) is 0 Å². The highest BCUT2D eigenvalue weighted by atomic mass is 35.5. The number of alkyl halides is 3. The van der Waals surface area contributed by atoms with Crippen molar-refractivity contribution < 1.29 is 34.6 Å². The van der Waals surface area contributed by atoms with Crippen molar-refractivity contribution in [3.05, 3.63) is 28.8 Å². The van der Waals surface area contributed by atoms with Crippen LogP contribution >= 0.6 is 11.6 Å². The summed E-state index contributed by atoms with van der Waals surface area (Å²) in [5, 5.41) is -1.07. The molecule has 1 aromatic rings. The van der Waals surface area contributed by atoms with Gasteiger partial charge in [0.15, 0.2) is 5.75 Å². The summed E-state index contributed by atoms with van der Waals surface area (Å²) >= 11 is 5.12. The van der Waals surface area contributed by atoms with E-state index >= 15 is 0 Å². The van der Waals surface area contributed by atoms with Crippen molar-refractivity contribution in [1.82, 2.24) is 0 Å². The molecule has 0 aliphatic carbocycles. The van der Waals surface area contributed by atoms with Crippen LogP contribution in [0.4, 0.5) is 22.0 Å². The first-order valence-electron chi connectivity index (χ1n) is 3.70. The normalized spacial score (nSPS) is 12.6. The molecule has 0 unspecified atom stereocenters. The molecule has 0 aromatic heterocycles. The van der Waals surface area contributed by atoms with Crippen LogP contribution in [-0.2, 0) is 10.1 Å². The zero-order valence-corrected chi connectivity index (χ0v) is 9.13. The molecule has 0 atom stereocenters. The third-order valence-electron chi connectivity index (χ3n) is 1.44. The second-order valence-electron chi connectivity index (χ2n) is 2.68. The van der Waals surface area contributed by atoms with E-state index in [-0.39, 0.29) is 12.1 Å². The van der Waals surface area contributed by atoms with Crippen molar-refractivity contribution >= 4 is 21.7 Å². The van der Waals surface area contributed by atoms with E-state index in [0.717, 1.165) is 0 Å². The van der Waals surface area contributed by atoms with Gasteiger partial charge in [0, 0.05) is 12.1 Å². The molecule has 1 aromatic carbocycles. The lowest BCUT2D eigenvalue weighted by molar-refractivity contribution is -0.0500. The van der Waals surface area contributed by atoms with Crippen molar-refractivity contribution in [3.8, 4) is 5.75 Å². The van der Waals surface area contributed by atoms with Crippen LogP contribution in [0.2, 0.25) is 5.02 Å². The zero-order valence-electron chi connectivity index (χ0n) is 7.56. The van der Waals surface area contributed by atoms with Crippen LogP contribution in [0, 0.1) is 11.6 Å². The Labute approximate surface area is 96.9 Å². The summed E-state index contributed by atoms with van der Waals surface area (Å²) in [6.07, 6.45) is 0. The fourth-order valence-electron chi connectivity index (χ4n) is 0.758. The summed E-state index contributed by atoms with van der Waals surface area (Å²) < 4.78 is 85.7. The van der Waals surface area contributed by atoms with Gasteiger partial charge in [-0.25, -0.2) is 8.78 Å². The molecule has 0 spiro atoms. The molecule has 3 nitrogen and oxygen atoms in total. The Morgan fingerprint density at radius 1 is 1.18 bits per heavy atom. The zero-order chi connectivity index (χ0) is 13.4. The van der Waals surface area contributed by atoms with Crippen LogP contribution in [-0.4, -0.2) is 13.9 Å². The quantitative estimate of drug-likeness (QED) is 0.365. The van der Waals surface area contributed by atoms with Crippen molar-refractivity contribution in [2.45, 2.75) is 5.51 Å². The SMILES string of the molecule is O=S(=O)(Oc1cc(F)cc(F)c1Cl)C(F)(F)F. The fraction of sp³-hybridized carbons (Fsp3) is 0.143. The summed E-state index contributed by atoms with van der Waals surface area (Å²) in [4.78, 5) is 0. The van der Waals surface area contributed by atoms with Crippen LogP contribution in [0.5, 0.6) is 5.75 Å². The van der Waals surface area contributed by atoms with Gasteiger partial charge in [0.2, 0.25) is 0 Å². The summed E-state index contributed by atoms with van der Waals surface area (Å²) in [5.41, 5.74) is -5.72. The van der Waals surface area contributed by atoms with Gasteiger partial charge in [-0.1, -0.05) is 11.6 Å². The number of hydrogen-bond acceptors (Lipinski definition) is 3. The molecule has 0 amide bonds. The van der Waals surface area contributed by atoms with E-state index in [9.17, 15) is 30.4 Å². The van der Waals surface area contributed by atoms with Crippen LogP contribution in [0.25, 0.3) is 0 Å². The number of benzene rings is 1. The minimum absolute atomic E-state index is 0.217. The minimum atomic E-state index is -6.02. The van der Waals surface area contributed by atoms with Crippen LogP contribution < -0.4 is 4.18 Å². The number of hydrogen-bond donors (Lipinski definition) is 0. The summed E-state index contributed by atoms with van der Waals surface area (Å²) in [6.45, 7) is 0. The second-order valence-corrected chi connectivity index (χ2v) is 4.60. The van der Waals surface area contributed by atoms with Gasteiger partial charge in [0.25, 0.3) is 0 Å². The highest BCUT2D eigenvalue weighted by molar-refractivity contribution is 7.88. The third kappa shape index (κ3) is 2.97. The maximum absolute atomic E-state index is 12.8. The first-order valence-corrected chi connectivity index (χ1v) is 5.48. The summed E-state index contributed by atoms with van der Waals surface area (Å²) in [7, 11) is -6.02. The third-order valence-corrected chi connectivity index (χ3v) is 2.78. The van der Waals surface area contributed by atoms with Crippen LogP contribution in [0.3, 0.4) is 0 Å². The van der Waals surface area contributed by atoms with Crippen molar-refractivity contribution in [3.63, 3.8) is 0 Å². The maximum atomic E-state index is 12.8. The van der Waals surface area contributed by atoms with E-state index in [1.54, 1.807) is 0 Å². The average molecular weight is 297 g/mol. The van der Waals surface area contributed by atoms with Gasteiger partial charge in [0.1, 0.15) is 16.7 Å². The molecule has 0 heterocycles. The standard InChI is InChI=1S/C7H2ClF5O3S/c8-6-4(10)1-3(9)2-5(6)16-17(14,15)7(11,12)13/h1-2H. The monoisotopic (exact) mass is 296 g/mol. The van der Waals surface area contributed by atoms with E-state index in [2.05, 4.69) is 4.18 Å². The predicted octanol–water partition coefficient (Wildman–Crippen LogP) is 2.85. The molecule has 0 radical (unpaired) electrons. The van der Waals surface area contributed by atoms with E-state index in [4.69, 9.17) is 11.6 Å². The topological polar surface area (TPSA) is 43.4 Å². The first kappa shape index (κ1) is 14.0. The second kappa shape index (κ2) is 4.30. The molecule has 0 saturated carbocycles. The van der Waals surface area contributed by atoms with Crippen molar-refractivity contribution in [2.75, 3.05) is 0 Å². The number of rotatable bonds is 2. The smallest absolute Gasteiger partial charge is 0.374 e. The average Bonchev–Trinajstić information content (AvgIpc) is 2.11. The van der Waals surface area contributed by atoms with E-state index in [1.807, 2.05) is 0 Å². The Morgan fingerprint density at radius 2 is 1.71 bits per heavy atom. The lowest BCUT2D eigenvalue weighted by atomic mass is 10.3. The largest absolute Gasteiger partial charge is 0.534 e. The van der Waals surface area contributed by atoms with Gasteiger partial charge in [-0.2, -0.15) is 21.6 Å². The molecule has 10 heteroatoms. The highest BCUT2D eigenvalue weighted by Gasteiger charge is 2.49. The number of halogens is 6. The molecular weight excluding hydrogens is 295 g/mol. The first-order chi connectivity index (χ1) is 7.54. The van der Waals surface area contributed by atoms with Crippen LogP contribution in [0.1, 0.15) is 0 Å². The summed E-state index contributed by atoms with van der Waals surface area (Å²) in [5.74, 6) is -4.06. The molecular formula is C7H2ClF5O3S. The van der Waals surface area contributed by atoms with Crippen LogP contribution in [0.15, 0.2) is 12.1 Å². The fourth-order valence-corrected chi connectivity index (χ4v) is 1.41. The molecule has 0 bridgehead atoms. The Kier molecular flexibility index (Phi) is 3.53. The molecule has 1 rings (SSSR count). The molecule has 17 heavy (non-hydrogen) atoms. The molecule has 96 valence electrons. The van der Waals surface area contributed by atoms with Gasteiger partial charge in [-0.15, -0.1) is 0 Å². The van der Waals surface area contributed by atoms with Gasteiger partial charge in [-0.05, 0) is 0 Å². The summed E-state index contributed by atoms with van der Waals surface area (Å²) in [6, 6.07) is 0.476. The van der Waals surface area contributed by atoms with E-state index < -0.39 is 38.0 Å². The minimum Gasteiger partial charge on any atom is -0.374 e. The highest BCUT2D eigenvalue weighted by Crippen LogP contribution is 2.33. The van der Waals surface area contributed by atoms with Gasteiger partial charge in [0.05, 0.1) is 0 Å². The van der Waals surface area contributed by atoms with Crippen molar-refractivity contribution in [2.24, 2.45) is 0 Å². The molecule has 0 fully saturated rings. The lowest BCUT2D eigenvalue weighted by Gasteiger charge is -2.10. The Balaban J connectivity index is 3.22. The molecule has 0 N–H and O–H groups in total. The van der Waals surface area contributed by atoms with Gasteiger partial charge < -0.3 is 4.18 Å². The van der Waals surface area contributed by atoms with E-state index in [1.165, 1.54) is 0 Å². The predicted molar refractivity (Wildman–Crippen MR) is 47.0 cm³/mol. The Morgan fingerprint density at radius 3 is 2.18 bits per heavy atom. The molecule has 0 aliphatic heterocycles. The Bertz CT molecular complexity index is 539. The maximum Gasteiger partial charge on any atom is 0.534 e.